The van der Waals surface area contributed by atoms with E-state index in [2.05, 4.69) is 50.6 Å². The Labute approximate surface area is 142 Å². The first-order valence-corrected chi connectivity index (χ1v) is 8.82. The number of aromatic nitrogens is 2. The van der Waals surface area contributed by atoms with Crippen molar-refractivity contribution < 1.29 is 5.11 Å². The van der Waals surface area contributed by atoms with Crippen molar-refractivity contribution in [2.75, 3.05) is 5.75 Å². The summed E-state index contributed by atoms with van der Waals surface area (Å²) in [4.78, 5) is 4.66. The second-order valence-electron chi connectivity index (χ2n) is 5.32. The summed E-state index contributed by atoms with van der Waals surface area (Å²) in [6, 6.07) is 14.0. The Morgan fingerprint density at radius 1 is 1.23 bits per heavy atom. The zero-order valence-corrected chi connectivity index (χ0v) is 14.9. The van der Waals surface area contributed by atoms with Gasteiger partial charge >= 0.3 is 0 Å². The minimum Gasteiger partial charge on any atom is -0.388 e. The standard InChI is InChI=1S/C17H17BrN2OS/c1-11-3-8-15-14(9-11)19-17(20(15)2)22-10-16(21)12-4-6-13(18)7-5-12/h3-9,16,21H,10H2,1-2H3/t16-/m0/s1. The van der Waals surface area contributed by atoms with Crippen molar-refractivity contribution >= 4 is 38.7 Å². The van der Waals surface area contributed by atoms with Crippen LogP contribution in [-0.4, -0.2) is 20.4 Å². The predicted molar refractivity (Wildman–Crippen MR) is 95.3 cm³/mol. The number of hydrogen-bond acceptors (Lipinski definition) is 3. The lowest BCUT2D eigenvalue weighted by molar-refractivity contribution is 0.204. The zero-order chi connectivity index (χ0) is 15.7. The smallest absolute Gasteiger partial charge is 0.168 e. The maximum Gasteiger partial charge on any atom is 0.168 e. The molecule has 22 heavy (non-hydrogen) atoms. The van der Waals surface area contributed by atoms with Gasteiger partial charge in [0, 0.05) is 17.3 Å². The van der Waals surface area contributed by atoms with Crippen LogP contribution >= 0.6 is 27.7 Å². The second-order valence-corrected chi connectivity index (χ2v) is 7.23. The molecule has 0 aliphatic rings. The summed E-state index contributed by atoms with van der Waals surface area (Å²) in [5.74, 6) is 0.581. The Morgan fingerprint density at radius 2 is 1.95 bits per heavy atom. The van der Waals surface area contributed by atoms with Crippen LogP contribution in [0.25, 0.3) is 11.0 Å². The van der Waals surface area contributed by atoms with E-state index in [1.54, 1.807) is 11.8 Å². The number of aliphatic hydroxyl groups is 1. The number of aryl methyl sites for hydroxylation is 2. The molecule has 0 saturated carbocycles. The molecule has 0 unspecified atom stereocenters. The van der Waals surface area contributed by atoms with Gasteiger partial charge in [-0.15, -0.1) is 0 Å². The second kappa shape index (κ2) is 6.44. The first-order chi connectivity index (χ1) is 10.5. The van der Waals surface area contributed by atoms with Crippen LogP contribution in [0.2, 0.25) is 0 Å². The molecular weight excluding hydrogens is 360 g/mol. The molecule has 0 aliphatic heterocycles. The van der Waals surface area contributed by atoms with Crippen molar-refractivity contribution in [1.29, 1.82) is 0 Å². The molecule has 3 rings (SSSR count). The average Bonchev–Trinajstić information content (AvgIpc) is 2.81. The third-order valence-electron chi connectivity index (χ3n) is 3.62. The van der Waals surface area contributed by atoms with E-state index in [0.717, 1.165) is 26.2 Å². The fraction of sp³-hybridized carbons (Fsp3) is 0.235. The average molecular weight is 377 g/mol. The molecule has 1 N–H and O–H groups in total. The molecule has 5 heteroatoms. The summed E-state index contributed by atoms with van der Waals surface area (Å²) in [5, 5.41) is 11.2. The Balaban J connectivity index is 1.76. The molecular formula is C17H17BrN2OS. The SMILES string of the molecule is Cc1ccc2c(c1)nc(SC[C@H](O)c1ccc(Br)cc1)n2C. The summed E-state index contributed by atoms with van der Waals surface area (Å²) in [6.45, 7) is 2.07. The van der Waals surface area contributed by atoms with Crippen molar-refractivity contribution in [2.24, 2.45) is 7.05 Å². The molecule has 0 saturated heterocycles. The molecule has 3 nitrogen and oxygen atoms in total. The van der Waals surface area contributed by atoms with Crippen LogP contribution in [-0.2, 0) is 7.05 Å². The molecule has 3 aromatic rings. The van der Waals surface area contributed by atoms with Crippen LogP contribution in [0.1, 0.15) is 17.2 Å². The first-order valence-electron chi connectivity index (χ1n) is 7.04. The molecule has 0 bridgehead atoms. The first kappa shape index (κ1) is 15.6. The maximum atomic E-state index is 10.3. The van der Waals surface area contributed by atoms with Gasteiger partial charge in [0.05, 0.1) is 17.1 Å². The van der Waals surface area contributed by atoms with Gasteiger partial charge in [0.15, 0.2) is 5.16 Å². The number of thioether (sulfide) groups is 1. The third-order valence-corrected chi connectivity index (χ3v) is 5.25. The van der Waals surface area contributed by atoms with Gasteiger partial charge in [0.25, 0.3) is 0 Å². The van der Waals surface area contributed by atoms with Crippen molar-refractivity contribution in [2.45, 2.75) is 18.2 Å². The third kappa shape index (κ3) is 3.21. The Bertz CT molecular complexity index is 798. The van der Waals surface area contributed by atoms with Gasteiger partial charge in [-0.25, -0.2) is 4.98 Å². The van der Waals surface area contributed by atoms with E-state index in [9.17, 15) is 5.11 Å². The highest BCUT2D eigenvalue weighted by Crippen LogP contribution is 2.27. The number of benzene rings is 2. The number of fused-ring (bicyclic) bond motifs is 1. The monoisotopic (exact) mass is 376 g/mol. The van der Waals surface area contributed by atoms with Gasteiger partial charge < -0.3 is 9.67 Å². The fourth-order valence-corrected chi connectivity index (χ4v) is 3.57. The number of rotatable bonds is 4. The highest BCUT2D eigenvalue weighted by atomic mass is 79.9. The topological polar surface area (TPSA) is 38.1 Å². The van der Waals surface area contributed by atoms with Gasteiger partial charge in [-0.3, -0.25) is 0 Å². The van der Waals surface area contributed by atoms with Crippen LogP contribution < -0.4 is 0 Å². The minimum absolute atomic E-state index is 0.500. The number of hydrogen-bond donors (Lipinski definition) is 1. The summed E-state index contributed by atoms with van der Waals surface area (Å²) in [6.07, 6.45) is -0.500. The summed E-state index contributed by atoms with van der Waals surface area (Å²) < 4.78 is 3.09. The van der Waals surface area contributed by atoms with E-state index in [4.69, 9.17) is 0 Å². The van der Waals surface area contributed by atoms with Crippen LogP contribution in [0.3, 0.4) is 0 Å². The van der Waals surface area contributed by atoms with Gasteiger partial charge in [-0.1, -0.05) is 45.9 Å². The summed E-state index contributed by atoms with van der Waals surface area (Å²) in [7, 11) is 2.01. The molecule has 1 aromatic heterocycles. The lowest BCUT2D eigenvalue weighted by Crippen LogP contribution is -2.01. The minimum atomic E-state index is -0.500. The quantitative estimate of drug-likeness (QED) is 0.682. The normalized spacial score (nSPS) is 12.7. The Morgan fingerprint density at radius 3 is 2.68 bits per heavy atom. The molecule has 1 heterocycles. The number of aliphatic hydroxyl groups excluding tert-OH is 1. The zero-order valence-electron chi connectivity index (χ0n) is 12.5. The largest absolute Gasteiger partial charge is 0.388 e. The van der Waals surface area contributed by atoms with E-state index >= 15 is 0 Å². The predicted octanol–water partition coefficient (Wildman–Crippen LogP) is 4.47. The Kier molecular flexibility index (Phi) is 4.57. The van der Waals surface area contributed by atoms with Crippen LogP contribution in [0.15, 0.2) is 52.1 Å². The molecule has 0 radical (unpaired) electrons. The number of halogens is 1. The Hall–Kier alpha value is -1.30. The van der Waals surface area contributed by atoms with Crippen LogP contribution in [0.4, 0.5) is 0 Å². The van der Waals surface area contributed by atoms with Gasteiger partial charge in [-0.05, 0) is 42.3 Å². The molecule has 0 amide bonds. The molecule has 2 aromatic carbocycles. The van der Waals surface area contributed by atoms with Gasteiger partial charge in [0.1, 0.15) is 0 Å². The highest BCUT2D eigenvalue weighted by molar-refractivity contribution is 9.10. The number of nitrogens with zero attached hydrogens (tertiary/aromatic N) is 2. The van der Waals surface area contributed by atoms with E-state index in [-0.39, 0.29) is 0 Å². The van der Waals surface area contributed by atoms with E-state index in [1.165, 1.54) is 5.56 Å². The van der Waals surface area contributed by atoms with Crippen molar-refractivity contribution in [1.82, 2.24) is 9.55 Å². The van der Waals surface area contributed by atoms with E-state index in [0.29, 0.717) is 5.75 Å². The van der Waals surface area contributed by atoms with Gasteiger partial charge in [0.2, 0.25) is 0 Å². The molecule has 114 valence electrons. The van der Waals surface area contributed by atoms with Crippen LogP contribution in [0, 0.1) is 6.92 Å². The van der Waals surface area contributed by atoms with Crippen molar-refractivity contribution in [3.63, 3.8) is 0 Å². The van der Waals surface area contributed by atoms with Crippen molar-refractivity contribution in [3.8, 4) is 0 Å². The molecule has 0 aliphatic carbocycles. The van der Waals surface area contributed by atoms with E-state index < -0.39 is 6.10 Å². The van der Waals surface area contributed by atoms with Crippen LogP contribution in [0.5, 0.6) is 0 Å². The van der Waals surface area contributed by atoms with Gasteiger partial charge in [-0.2, -0.15) is 0 Å². The fourth-order valence-electron chi connectivity index (χ4n) is 2.35. The molecule has 0 spiro atoms. The lowest BCUT2D eigenvalue weighted by Gasteiger charge is -2.10. The molecule has 0 fully saturated rings. The maximum absolute atomic E-state index is 10.3. The molecule has 1 atom stereocenters. The van der Waals surface area contributed by atoms with Crippen molar-refractivity contribution in [3.05, 3.63) is 58.1 Å². The number of imidazole rings is 1. The summed E-state index contributed by atoms with van der Waals surface area (Å²) >= 11 is 4.98. The lowest BCUT2D eigenvalue weighted by atomic mass is 10.1. The highest BCUT2D eigenvalue weighted by Gasteiger charge is 2.12. The summed E-state index contributed by atoms with van der Waals surface area (Å²) in [5.41, 5.74) is 4.25. The van der Waals surface area contributed by atoms with E-state index in [1.807, 2.05) is 31.3 Å².